The minimum absolute atomic E-state index is 0. The summed E-state index contributed by atoms with van der Waals surface area (Å²) < 4.78 is 0. The second-order valence-electron chi connectivity index (χ2n) is 4.45. The van der Waals surface area contributed by atoms with Gasteiger partial charge in [-0.3, -0.25) is 0 Å². The smallest absolute Gasteiger partial charge is 0.850 e. The van der Waals surface area contributed by atoms with Crippen molar-refractivity contribution in [1.29, 1.82) is 0 Å². The van der Waals surface area contributed by atoms with Gasteiger partial charge in [-0.1, -0.05) is 48.5 Å². The van der Waals surface area contributed by atoms with Crippen molar-refractivity contribution in [2.45, 2.75) is 66.2 Å². The van der Waals surface area contributed by atoms with E-state index in [0.29, 0.717) is 12.1 Å². The fourth-order valence-electron chi connectivity index (χ4n) is 0.596. The van der Waals surface area contributed by atoms with Gasteiger partial charge < -0.3 is 10.4 Å². The van der Waals surface area contributed by atoms with Crippen LogP contribution in [0.1, 0.15) is 48.5 Å². The zero-order valence-electron chi connectivity index (χ0n) is 11.5. The summed E-state index contributed by atoms with van der Waals surface area (Å²) in [4.78, 5) is 0. The van der Waals surface area contributed by atoms with Crippen LogP contribution in [0, 0.1) is 0 Å². The van der Waals surface area contributed by atoms with Crippen LogP contribution >= 0.6 is 0 Å². The SMILES string of the molecule is CC(C)(C)[O-].CC(C)[N-]C(C)C.[Li+].[Li+]. The van der Waals surface area contributed by atoms with E-state index in [4.69, 9.17) is 0 Å². The molecule has 76 valence electrons. The molecule has 0 aromatic heterocycles. The van der Waals surface area contributed by atoms with E-state index in [1.54, 1.807) is 20.8 Å². The molecule has 0 amide bonds. The molecular weight excluding hydrogens is 164 g/mol. The Morgan fingerprint density at radius 1 is 0.857 bits per heavy atom. The average Bonchev–Trinajstić information content (AvgIpc) is 1.52. The van der Waals surface area contributed by atoms with Gasteiger partial charge in [-0.05, 0) is 0 Å². The van der Waals surface area contributed by atoms with Crippen LogP contribution < -0.4 is 42.8 Å². The third-order valence-electron chi connectivity index (χ3n) is 0.596. The van der Waals surface area contributed by atoms with Crippen molar-refractivity contribution in [3.63, 3.8) is 0 Å². The van der Waals surface area contributed by atoms with Gasteiger partial charge in [-0.25, -0.2) is 0 Å². The van der Waals surface area contributed by atoms with Crippen molar-refractivity contribution in [3.8, 4) is 0 Å². The minimum Gasteiger partial charge on any atom is -0.850 e. The van der Waals surface area contributed by atoms with Crippen LogP contribution in [0.25, 0.3) is 5.32 Å². The van der Waals surface area contributed by atoms with Crippen molar-refractivity contribution in [2.24, 2.45) is 0 Å². The van der Waals surface area contributed by atoms with Crippen LogP contribution in [0.15, 0.2) is 0 Å². The van der Waals surface area contributed by atoms with E-state index in [-0.39, 0.29) is 37.7 Å². The van der Waals surface area contributed by atoms with Crippen molar-refractivity contribution < 1.29 is 42.8 Å². The largest absolute Gasteiger partial charge is 1.00 e. The molecule has 0 spiro atoms. The van der Waals surface area contributed by atoms with Crippen molar-refractivity contribution in [3.05, 3.63) is 5.32 Å². The third-order valence-corrected chi connectivity index (χ3v) is 0.596. The van der Waals surface area contributed by atoms with Gasteiger partial charge in [0, 0.05) is 0 Å². The maximum absolute atomic E-state index is 10.1. The molecule has 0 radical (unpaired) electrons. The molecular formula is C10H23Li2NO. The fourth-order valence-corrected chi connectivity index (χ4v) is 0.596. The van der Waals surface area contributed by atoms with Gasteiger partial charge in [-0.15, -0.1) is 17.7 Å². The van der Waals surface area contributed by atoms with Gasteiger partial charge in [0.25, 0.3) is 0 Å². The Morgan fingerprint density at radius 2 is 1.00 bits per heavy atom. The summed E-state index contributed by atoms with van der Waals surface area (Å²) in [5.41, 5.74) is -0.750. The summed E-state index contributed by atoms with van der Waals surface area (Å²) in [7, 11) is 0. The molecule has 0 rings (SSSR count). The van der Waals surface area contributed by atoms with E-state index >= 15 is 0 Å². The first-order chi connectivity index (χ1) is 5.13. The average molecular weight is 187 g/mol. The van der Waals surface area contributed by atoms with E-state index < -0.39 is 5.60 Å². The standard InChI is InChI=1S/C6H14N.C4H9O.2Li/c1-5(2)7-6(3)4;1-4(2,3)5;;/h5-6H,1-4H3;1-3H3;;/q2*-1;2*+1. The molecule has 4 heteroatoms. The second-order valence-corrected chi connectivity index (χ2v) is 4.45. The maximum atomic E-state index is 10.1. The van der Waals surface area contributed by atoms with E-state index in [9.17, 15) is 5.11 Å². The van der Waals surface area contributed by atoms with Crippen LogP contribution in [-0.4, -0.2) is 17.7 Å². The number of nitrogens with zero attached hydrogens (tertiary/aromatic N) is 1. The molecule has 0 saturated carbocycles. The van der Waals surface area contributed by atoms with Gasteiger partial charge >= 0.3 is 37.7 Å². The quantitative estimate of drug-likeness (QED) is 0.410. The zero-order valence-corrected chi connectivity index (χ0v) is 11.5. The molecule has 0 aromatic carbocycles. The molecule has 0 heterocycles. The van der Waals surface area contributed by atoms with Gasteiger partial charge in [0.15, 0.2) is 0 Å². The number of rotatable bonds is 2. The first-order valence-electron chi connectivity index (χ1n) is 4.53. The Bertz CT molecular complexity index is 88.8. The first kappa shape index (κ1) is 24.4. The topological polar surface area (TPSA) is 37.2 Å². The summed E-state index contributed by atoms with van der Waals surface area (Å²) in [5.74, 6) is 0. The molecule has 0 unspecified atom stereocenters. The van der Waals surface area contributed by atoms with Crippen LogP contribution in [0.4, 0.5) is 0 Å². The molecule has 2 nitrogen and oxygen atoms in total. The molecule has 0 N–H and O–H groups in total. The molecule has 0 saturated heterocycles. The van der Waals surface area contributed by atoms with E-state index in [0.717, 1.165) is 0 Å². The maximum Gasteiger partial charge on any atom is 1.00 e. The predicted molar refractivity (Wildman–Crippen MR) is 53.4 cm³/mol. The molecule has 0 aromatic rings. The Hall–Kier alpha value is 1.11. The Morgan fingerprint density at radius 3 is 1.00 bits per heavy atom. The van der Waals surface area contributed by atoms with E-state index in [1.807, 2.05) is 0 Å². The van der Waals surface area contributed by atoms with Crippen LogP contribution in [0.5, 0.6) is 0 Å². The molecule has 14 heavy (non-hydrogen) atoms. The number of hydrogen-bond acceptors (Lipinski definition) is 1. The van der Waals surface area contributed by atoms with E-state index in [2.05, 4.69) is 33.0 Å². The normalized spacial score (nSPS) is 9.86. The minimum atomic E-state index is -0.750. The fraction of sp³-hybridized carbons (Fsp3) is 1.00. The van der Waals surface area contributed by atoms with Crippen LogP contribution in [-0.2, 0) is 0 Å². The Kier molecular flexibility index (Phi) is 21.2. The van der Waals surface area contributed by atoms with Gasteiger partial charge in [-0.2, -0.15) is 0 Å². The summed E-state index contributed by atoms with van der Waals surface area (Å²) in [6.07, 6.45) is 0. The first-order valence-corrected chi connectivity index (χ1v) is 4.53. The predicted octanol–water partition coefficient (Wildman–Crippen LogP) is -3.67. The van der Waals surface area contributed by atoms with Crippen LogP contribution in [0.2, 0.25) is 0 Å². The van der Waals surface area contributed by atoms with Crippen molar-refractivity contribution in [1.82, 2.24) is 0 Å². The monoisotopic (exact) mass is 187 g/mol. The third kappa shape index (κ3) is 73.6. The molecule has 0 atom stereocenters. The summed E-state index contributed by atoms with van der Waals surface area (Å²) in [6, 6.07) is 1.000. The molecule has 0 fully saturated rings. The van der Waals surface area contributed by atoms with Gasteiger partial charge in [0.2, 0.25) is 0 Å². The molecule has 0 aliphatic heterocycles. The second kappa shape index (κ2) is 12.2. The zero-order chi connectivity index (χ0) is 10.4. The summed E-state index contributed by atoms with van der Waals surface area (Å²) in [5, 5.41) is 14.4. The Labute approximate surface area is 114 Å². The van der Waals surface area contributed by atoms with Crippen molar-refractivity contribution >= 4 is 0 Å². The molecule has 0 aliphatic carbocycles. The van der Waals surface area contributed by atoms with Crippen molar-refractivity contribution in [2.75, 3.05) is 0 Å². The van der Waals surface area contributed by atoms with Crippen LogP contribution in [0.3, 0.4) is 0 Å². The summed E-state index contributed by atoms with van der Waals surface area (Å²) in [6.45, 7) is 13.3. The molecule has 0 bridgehead atoms. The molecule has 0 aliphatic rings. The van der Waals surface area contributed by atoms with Gasteiger partial charge in [0.05, 0.1) is 0 Å². The summed E-state index contributed by atoms with van der Waals surface area (Å²) >= 11 is 0. The van der Waals surface area contributed by atoms with Gasteiger partial charge in [0.1, 0.15) is 0 Å². The van der Waals surface area contributed by atoms with E-state index in [1.165, 1.54) is 0 Å². The number of hydrogen-bond donors (Lipinski definition) is 0. The Balaban J connectivity index is -0.0000000651.